The van der Waals surface area contributed by atoms with Gasteiger partial charge in [-0.05, 0) is 30.5 Å². The lowest BCUT2D eigenvalue weighted by Gasteiger charge is -2.33. The van der Waals surface area contributed by atoms with E-state index < -0.39 is 6.10 Å². The summed E-state index contributed by atoms with van der Waals surface area (Å²) in [4.78, 5) is 14.1. The van der Waals surface area contributed by atoms with Gasteiger partial charge in [0.25, 0.3) is 5.91 Å². The quantitative estimate of drug-likeness (QED) is 0.924. The molecule has 1 aromatic heterocycles. The van der Waals surface area contributed by atoms with Gasteiger partial charge in [-0.2, -0.15) is 5.10 Å². The van der Waals surface area contributed by atoms with Gasteiger partial charge in [-0.1, -0.05) is 30.7 Å². The van der Waals surface area contributed by atoms with Crippen molar-refractivity contribution >= 4 is 17.5 Å². The van der Waals surface area contributed by atoms with Crippen LogP contribution in [0.2, 0.25) is 5.02 Å². The summed E-state index contributed by atoms with van der Waals surface area (Å²) in [6.45, 7) is 3.01. The van der Waals surface area contributed by atoms with Crippen LogP contribution in [0.25, 0.3) is 5.69 Å². The highest BCUT2D eigenvalue weighted by Crippen LogP contribution is 2.21. The highest BCUT2D eigenvalue weighted by Gasteiger charge is 2.28. The van der Waals surface area contributed by atoms with Crippen LogP contribution in [0.4, 0.5) is 0 Å². The van der Waals surface area contributed by atoms with Crippen molar-refractivity contribution in [2.45, 2.75) is 19.4 Å². The number of nitrogens with zero attached hydrogens (tertiary/aromatic N) is 3. The van der Waals surface area contributed by atoms with Gasteiger partial charge in [0.1, 0.15) is 0 Å². The third kappa shape index (κ3) is 2.87. The molecule has 1 saturated heterocycles. The van der Waals surface area contributed by atoms with Gasteiger partial charge in [-0.3, -0.25) is 4.79 Å². The number of carbonyl (C=O) groups is 1. The Labute approximate surface area is 134 Å². The molecule has 1 aromatic carbocycles. The van der Waals surface area contributed by atoms with E-state index in [1.807, 2.05) is 25.1 Å². The molecular formula is C16H18ClN3O2. The zero-order chi connectivity index (χ0) is 15.7. The molecule has 3 rings (SSSR count). The molecule has 0 saturated carbocycles. The number of para-hydroxylation sites is 1. The first-order valence-electron chi connectivity index (χ1n) is 7.34. The summed E-state index contributed by atoms with van der Waals surface area (Å²) in [7, 11) is 0. The van der Waals surface area contributed by atoms with E-state index in [4.69, 9.17) is 11.6 Å². The highest BCUT2D eigenvalue weighted by molar-refractivity contribution is 6.32. The minimum atomic E-state index is -0.469. The van der Waals surface area contributed by atoms with Crippen molar-refractivity contribution in [3.05, 3.63) is 47.2 Å². The number of amides is 1. The van der Waals surface area contributed by atoms with Crippen LogP contribution in [0, 0.1) is 5.92 Å². The molecule has 2 heterocycles. The van der Waals surface area contributed by atoms with E-state index in [-0.39, 0.29) is 11.8 Å². The average Bonchev–Trinajstić information content (AvgIpc) is 2.99. The highest BCUT2D eigenvalue weighted by atomic mass is 35.5. The molecule has 116 valence electrons. The first-order chi connectivity index (χ1) is 10.6. The summed E-state index contributed by atoms with van der Waals surface area (Å²) in [5.41, 5.74) is 1.09. The molecule has 0 radical (unpaired) electrons. The molecule has 1 aliphatic heterocycles. The molecule has 2 atom stereocenters. The second-order valence-corrected chi connectivity index (χ2v) is 6.09. The maximum atomic E-state index is 12.5. The van der Waals surface area contributed by atoms with Crippen molar-refractivity contribution in [2.24, 2.45) is 5.92 Å². The normalized spacial score (nSPS) is 21.9. The molecule has 1 N–H and O–H groups in total. The Morgan fingerprint density at radius 2 is 2.14 bits per heavy atom. The molecule has 1 aliphatic rings. The lowest BCUT2D eigenvalue weighted by atomic mass is 9.96. The largest absolute Gasteiger partial charge is 0.391 e. The van der Waals surface area contributed by atoms with Crippen molar-refractivity contribution in [1.82, 2.24) is 14.7 Å². The molecule has 1 amide bonds. The summed E-state index contributed by atoms with van der Waals surface area (Å²) in [6.07, 6.45) is 2.05. The average molecular weight is 320 g/mol. The first kappa shape index (κ1) is 15.1. The standard InChI is InChI=1S/C16H18ClN3O2/c1-11-6-8-19(10-15(11)21)16(22)13-7-9-20(18-13)14-5-3-2-4-12(14)17/h2-5,7,9,11,15,21H,6,8,10H2,1H3. The number of halogens is 1. The molecule has 5 nitrogen and oxygen atoms in total. The predicted octanol–water partition coefficient (Wildman–Crippen LogP) is 2.37. The van der Waals surface area contributed by atoms with E-state index in [0.717, 1.165) is 12.1 Å². The Morgan fingerprint density at radius 1 is 1.36 bits per heavy atom. The van der Waals surface area contributed by atoms with Crippen LogP contribution >= 0.6 is 11.6 Å². The Kier molecular flexibility index (Phi) is 4.18. The first-order valence-corrected chi connectivity index (χ1v) is 7.72. The van der Waals surface area contributed by atoms with Crippen LogP contribution in [-0.2, 0) is 0 Å². The Bertz CT molecular complexity index is 686. The minimum Gasteiger partial charge on any atom is -0.391 e. The second kappa shape index (κ2) is 6.10. The van der Waals surface area contributed by atoms with E-state index >= 15 is 0 Å². The fraction of sp³-hybridized carbons (Fsp3) is 0.375. The van der Waals surface area contributed by atoms with Crippen molar-refractivity contribution in [2.75, 3.05) is 13.1 Å². The van der Waals surface area contributed by atoms with Crippen LogP contribution in [-0.4, -0.2) is 44.9 Å². The van der Waals surface area contributed by atoms with Gasteiger partial charge < -0.3 is 10.0 Å². The van der Waals surface area contributed by atoms with E-state index in [9.17, 15) is 9.90 Å². The van der Waals surface area contributed by atoms with E-state index in [2.05, 4.69) is 5.10 Å². The summed E-state index contributed by atoms with van der Waals surface area (Å²) in [6, 6.07) is 9.01. The van der Waals surface area contributed by atoms with Crippen molar-refractivity contribution in [1.29, 1.82) is 0 Å². The number of piperidine rings is 1. The Balaban J connectivity index is 1.79. The number of carbonyl (C=O) groups excluding carboxylic acids is 1. The lowest BCUT2D eigenvalue weighted by Crippen LogP contribution is -2.45. The monoisotopic (exact) mass is 319 g/mol. The molecule has 2 unspecified atom stereocenters. The fourth-order valence-electron chi connectivity index (χ4n) is 2.61. The molecule has 22 heavy (non-hydrogen) atoms. The van der Waals surface area contributed by atoms with Gasteiger partial charge in [-0.25, -0.2) is 4.68 Å². The van der Waals surface area contributed by atoms with Gasteiger partial charge in [-0.15, -0.1) is 0 Å². The number of hydrogen-bond donors (Lipinski definition) is 1. The van der Waals surface area contributed by atoms with Crippen molar-refractivity contribution < 1.29 is 9.90 Å². The van der Waals surface area contributed by atoms with Gasteiger partial charge in [0.05, 0.1) is 16.8 Å². The number of hydrogen-bond acceptors (Lipinski definition) is 3. The molecule has 6 heteroatoms. The zero-order valence-corrected chi connectivity index (χ0v) is 13.1. The van der Waals surface area contributed by atoms with Crippen LogP contribution < -0.4 is 0 Å². The number of β-amino-alcohol motifs (C(OH)–C–C–N with tert-alkyl or cyclic N) is 1. The van der Waals surface area contributed by atoms with Gasteiger partial charge in [0.15, 0.2) is 5.69 Å². The number of likely N-dealkylation sites (tertiary alicyclic amines) is 1. The van der Waals surface area contributed by atoms with Crippen LogP contribution in [0.3, 0.4) is 0 Å². The lowest BCUT2D eigenvalue weighted by molar-refractivity contribution is 0.0245. The van der Waals surface area contributed by atoms with E-state index in [0.29, 0.717) is 23.8 Å². The number of aliphatic hydroxyl groups excluding tert-OH is 1. The minimum absolute atomic E-state index is 0.156. The number of rotatable bonds is 2. The number of aliphatic hydroxyl groups is 1. The predicted molar refractivity (Wildman–Crippen MR) is 84.3 cm³/mol. The maximum absolute atomic E-state index is 12.5. The Morgan fingerprint density at radius 3 is 2.86 bits per heavy atom. The van der Waals surface area contributed by atoms with Gasteiger partial charge in [0, 0.05) is 19.3 Å². The van der Waals surface area contributed by atoms with Crippen LogP contribution in [0.15, 0.2) is 36.5 Å². The SMILES string of the molecule is CC1CCN(C(=O)c2ccn(-c3ccccc3Cl)n2)CC1O. The van der Waals surface area contributed by atoms with E-state index in [1.165, 1.54) is 0 Å². The molecule has 0 aliphatic carbocycles. The fourth-order valence-corrected chi connectivity index (χ4v) is 2.83. The maximum Gasteiger partial charge on any atom is 0.274 e. The summed E-state index contributed by atoms with van der Waals surface area (Å²) in [5, 5.41) is 14.8. The smallest absolute Gasteiger partial charge is 0.274 e. The van der Waals surface area contributed by atoms with E-state index in [1.54, 1.807) is 27.9 Å². The molecule has 0 bridgehead atoms. The molecule has 2 aromatic rings. The number of benzene rings is 1. The second-order valence-electron chi connectivity index (χ2n) is 5.68. The molecule has 1 fully saturated rings. The van der Waals surface area contributed by atoms with Crippen molar-refractivity contribution in [3.63, 3.8) is 0 Å². The zero-order valence-electron chi connectivity index (χ0n) is 12.3. The summed E-state index contributed by atoms with van der Waals surface area (Å²) < 4.78 is 1.60. The summed E-state index contributed by atoms with van der Waals surface area (Å²) >= 11 is 6.14. The molecule has 0 spiro atoms. The summed E-state index contributed by atoms with van der Waals surface area (Å²) in [5.74, 6) is 0.0708. The van der Waals surface area contributed by atoms with Gasteiger partial charge in [0.2, 0.25) is 0 Å². The van der Waals surface area contributed by atoms with Crippen LogP contribution in [0.1, 0.15) is 23.8 Å². The molecular weight excluding hydrogens is 302 g/mol. The number of aromatic nitrogens is 2. The Hall–Kier alpha value is -1.85. The van der Waals surface area contributed by atoms with Crippen LogP contribution in [0.5, 0.6) is 0 Å². The topological polar surface area (TPSA) is 58.4 Å². The van der Waals surface area contributed by atoms with Gasteiger partial charge >= 0.3 is 0 Å². The van der Waals surface area contributed by atoms with Crippen molar-refractivity contribution in [3.8, 4) is 5.69 Å². The third-order valence-electron chi connectivity index (χ3n) is 4.11. The third-order valence-corrected chi connectivity index (χ3v) is 4.43.